The molecule has 1 heterocycles. The molecule has 0 radical (unpaired) electrons. The van der Waals surface area contributed by atoms with Crippen molar-refractivity contribution in [3.05, 3.63) is 30.6 Å². The van der Waals surface area contributed by atoms with Gasteiger partial charge in [0.25, 0.3) is 0 Å². The van der Waals surface area contributed by atoms with E-state index in [1.165, 1.54) is 6.33 Å². The first-order valence-corrected chi connectivity index (χ1v) is 4.98. The van der Waals surface area contributed by atoms with Gasteiger partial charge in [-0.2, -0.15) is 5.10 Å². The van der Waals surface area contributed by atoms with Gasteiger partial charge in [-0.05, 0) is 26.0 Å². The summed E-state index contributed by atoms with van der Waals surface area (Å²) in [6.07, 6.45) is 1.51. The van der Waals surface area contributed by atoms with Crippen LogP contribution in [0, 0.1) is 0 Å². The Morgan fingerprint density at radius 1 is 1.33 bits per heavy atom. The molecule has 0 aliphatic heterocycles. The maximum absolute atomic E-state index is 4.11. The number of H-pyrrole nitrogens is 1. The van der Waals surface area contributed by atoms with Crippen LogP contribution < -0.4 is 5.32 Å². The molecular weight excluding hydrogens is 188 g/mol. The van der Waals surface area contributed by atoms with Gasteiger partial charge in [-0.25, -0.2) is 4.98 Å². The molecule has 78 valence electrons. The standard InChI is InChI=1S/C11H14N4/c1-8(2)14-10-5-3-4-9(6-10)11-12-7-13-15-11/h3-8,14H,1-2H3,(H,12,13,15). The lowest BCUT2D eigenvalue weighted by Crippen LogP contribution is -2.09. The topological polar surface area (TPSA) is 53.6 Å². The Labute approximate surface area is 88.8 Å². The number of nitrogens with zero attached hydrogens (tertiary/aromatic N) is 2. The zero-order chi connectivity index (χ0) is 10.7. The van der Waals surface area contributed by atoms with Crippen molar-refractivity contribution in [3.8, 4) is 11.4 Å². The smallest absolute Gasteiger partial charge is 0.155 e. The molecule has 0 fully saturated rings. The second kappa shape index (κ2) is 4.13. The van der Waals surface area contributed by atoms with Gasteiger partial charge < -0.3 is 5.32 Å². The summed E-state index contributed by atoms with van der Waals surface area (Å²) in [7, 11) is 0. The summed E-state index contributed by atoms with van der Waals surface area (Å²) in [4.78, 5) is 4.11. The molecule has 0 spiro atoms. The number of benzene rings is 1. The van der Waals surface area contributed by atoms with Crippen molar-refractivity contribution >= 4 is 5.69 Å². The van der Waals surface area contributed by atoms with E-state index in [-0.39, 0.29) is 0 Å². The highest BCUT2D eigenvalue weighted by atomic mass is 15.2. The fourth-order valence-electron chi connectivity index (χ4n) is 1.43. The lowest BCUT2D eigenvalue weighted by Gasteiger charge is -2.10. The first-order chi connectivity index (χ1) is 7.25. The minimum Gasteiger partial charge on any atom is -0.383 e. The predicted molar refractivity (Wildman–Crippen MR) is 60.6 cm³/mol. The van der Waals surface area contributed by atoms with E-state index < -0.39 is 0 Å². The Bertz CT molecular complexity index is 420. The molecule has 0 aliphatic carbocycles. The van der Waals surface area contributed by atoms with Gasteiger partial charge in [0, 0.05) is 17.3 Å². The van der Waals surface area contributed by atoms with Gasteiger partial charge >= 0.3 is 0 Å². The van der Waals surface area contributed by atoms with Gasteiger partial charge in [0.15, 0.2) is 5.82 Å². The molecule has 4 nitrogen and oxygen atoms in total. The SMILES string of the molecule is CC(C)Nc1cccc(-c2ncn[nH]2)c1. The van der Waals surface area contributed by atoms with Crippen LogP contribution in [0.15, 0.2) is 30.6 Å². The predicted octanol–water partition coefficient (Wildman–Crippen LogP) is 2.29. The quantitative estimate of drug-likeness (QED) is 0.802. The van der Waals surface area contributed by atoms with Crippen molar-refractivity contribution in [2.24, 2.45) is 0 Å². The monoisotopic (exact) mass is 202 g/mol. The molecule has 1 aromatic carbocycles. The number of aromatic amines is 1. The third-order valence-electron chi connectivity index (χ3n) is 2.01. The van der Waals surface area contributed by atoms with Crippen LogP contribution in [0.25, 0.3) is 11.4 Å². The Morgan fingerprint density at radius 3 is 2.87 bits per heavy atom. The lowest BCUT2D eigenvalue weighted by molar-refractivity contribution is 0.900. The molecule has 0 amide bonds. The molecule has 0 unspecified atom stereocenters. The average molecular weight is 202 g/mol. The number of anilines is 1. The lowest BCUT2D eigenvalue weighted by atomic mass is 10.2. The molecule has 1 aromatic heterocycles. The minimum atomic E-state index is 0.426. The number of rotatable bonds is 3. The molecule has 0 atom stereocenters. The summed E-state index contributed by atoms with van der Waals surface area (Å²) >= 11 is 0. The van der Waals surface area contributed by atoms with Crippen LogP contribution in [-0.2, 0) is 0 Å². The fraction of sp³-hybridized carbons (Fsp3) is 0.273. The molecule has 0 bridgehead atoms. The van der Waals surface area contributed by atoms with Gasteiger partial charge in [0.1, 0.15) is 6.33 Å². The number of hydrogen-bond acceptors (Lipinski definition) is 3. The average Bonchev–Trinajstić information content (AvgIpc) is 2.69. The third kappa shape index (κ3) is 2.34. The van der Waals surface area contributed by atoms with Gasteiger partial charge in [-0.1, -0.05) is 12.1 Å². The molecule has 15 heavy (non-hydrogen) atoms. The van der Waals surface area contributed by atoms with Gasteiger partial charge in [0.2, 0.25) is 0 Å². The third-order valence-corrected chi connectivity index (χ3v) is 2.01. The molecule has 2 rings (SSSR count). The highest BCUT2D eigenvalue weighted by Crippen LogP contribution is 2.18. The zero-order valence-corrected chi connectivity index (χ0v) is 8.86. The number of hydrogen-bond donors (Lipinski definition) is 2. The maximum Gasteiger partial charge on any atom is 0.155 e. The van der Waals surface area contributed by atoms with Crippen molar-refractivity contribution in [2.45, 2.75) is 19.9 Å². The van der Waals surface area contributed by atoms with E-state index in [4.69, 9.17) is 0 Å². The van der Waals surface area contributed by atoms with Crippen molar-refractivity contribution in [1.29, 1.82) is 0 Å². The second-order valence-corrected chi connectivity index (χ2v) is 3.71. The summed E-state index contributed by atoms with van der Waals surface area (Å²) in [5.41, 5.74) is 2.14. The second-order valence-electron chi connectivity index (χ2n) is 3.71. The van der Waals surface area contributed by atoms with Crippen LogP contribution in [-0.4, -0.2) is 21.2 Å². The molecule has 4 heteroatoms. The van der Waals surface area contributed by atoms with E-state index in [2.05, 4.69) is 40.4 Å². The van der Waals surface area contributed by atoms with Crippen LogP contribution in [0.1, 0.15) is 13.8 Å². The molecule has 2 N–H and O–H groups in total. The van der Waals surface area contributed by atoms with Crippen LogP contribution in [0.4, 0.5) is 5.69 Å². The normalized spacial score (nSPS) is 10.6. The van der Waals surface area contributed by atoms with E-state index in [0.717, 1.165) is 17.1 Å². The molecule has 0 saturated heterocycles. The largest absolute Gasteiger partial charge is 0.383 e. The molecular formula is C11H14N4. The van der Waals surface area contributed by atoms with E-state index in [9.17, 15) is 0 Å². The molecule has 0 saturated carbocycles. The van der Waals surface area contributed by atoms with E-state index >= 15 is 0 Å². The van der Waals surface area contributed by atoms with Crippen LogP contribution >= 0.6 is 0 Å². The number of nitrogens with one attached hydrogen (secondary N) is 2. The zero-order valence-electron chi connectivity index (χ0n) is 8.86. The van der Waals surface area contributed by atoms with Crippen LogP contribution in [0.2, 0.25) is 0 Å². The fourth-order valence-corrected chi connectivity index (χ4v) is 1.43. The highest BCUT2D eigenvalue weighted by Gasteiger charge is 2.01. The van der Waals surface area contributed by atoms with Crippen molar-refractivity contribution in [2.75, 3.05) is 5.32 Å². The Morgan fingerprint density at radius 2 is 2.20 bits per heavy atom. The van der Waals surface area contributed by atoms with E-state index in [0.29, 0.717) is 6.04 Å². The summed E-state index contributed by atoms with van der Waals surface area (Å²) in [6, 6.07) is 8.53. The van der Waals surface area contributed by atoms with E-state index in [1.807, 2.05) is 18.2 Å². The number of aromatic nitrogens is 3. The van der Waals surface area contributed by atoms with E-state index in [1.54, 1.807) is 0 Å². The Balaban J connectivity index is 2.27. The van der Waals surface area contributed by atoms with Crippen LogP contribution in [0.3, 0.4) is 0 Å². The van der Waals surface area contributed by atoms with Gasteiger partial charge in [-0.15, -0.1) is 0 Å². The highest BCUT2D eigenvalue weighted by molar-refractivity contribution is 5.62. The Kier molecular flexibility index (Phi) is 2.67. The summed E-state index contributed by atoms with van der Waals surface area (Å²) in [6.45, 7) is 4.22. The Hall–Kier alpha value is -1.84. The summed E-state index contributed by atoms with van der Waals surface area (Å²) in [5, 5.41) is 10.0. The minimum absolute atomic E-state index is 0.426. The maximum atomic E-state index is 4.11. The summed E-state index contributed by atoms with van der Waals surface area (Å²) < 4.78 is 0. The van der Waals surface area contributed by atoms with Gasteiger partial charge in [-0.3, -0.25) is 5.10 Å². The van der Waals surface area contributed by atoms with Crippen molar-refractivity contribution in [3.63, 3.8) is 0 Å². The summed E-state index contributed by atoms with van der Waals surface area (Å²) in [5.74, 6) is 0.794. The van der Waals surface area contributed by atoms with Crippen LogP contribution in [0.5, 0.6) is 0 Å². The van der Waals surface area contributed by atoms with Gasteiger partial charge in [0.05, 0.1) is 0 Å². The first-order valence-electron chi connectivity index (χ1n) is 4.98. The van der Waals surface area contributed by atoms with Crippen molar-refractivity contribution in [1.82, 2.24) is 15.2 Å². The van der Waals surface area contributed by atoms with Crippen molar-refractivity contribution < 1.29 is 0 Å². The molecule has 0 aliphatic rings. The molecule has 2 aromatic rings. The first kappa shape index (κ1) is 9.71.